The molecule has 0 saturated carbocycles. The summed E-state index contributed by atoms with van der Waals surface area (Å²) in [5, 5.41) is 9.44. The summed E-state index contributed by atoms with van der Waals surface area (Å²) < 4.78 is 8.08. The largest absolute Gasteiger partial charge is 0.481 e. The van der Waals surface area contributed by atoms with Gasteiger partial charge in [-0.15, -0.1) is 0 Å². The van der Waals surface area contributed by atoms with Crippen molar-refractivity contribution < 1.29 is 14.6 Å². The Labute approximate surface area is 128 Å². The Balaban J connectivity index is 2.31. The molecule has 0 radical (unpaired) electrons. The molecule has 0 unspecified atom stereocenters. The van der Waals surface area contributed by atoms with Crippen molar-refractivity contribution >= 4 is 44.8 Å². The SMILES string of the molecule is CCOCCn1c(SCC(=O)O)nc2cc(Br)cnc21. The number of imidazole rings is 1. The number of fused-ring (bicyclic) bond motifs is 1. The fourth-order valence-electron chi connectivity index (χ4n) is 1.70. The predicted molar refractivity (Wildman–Crippen MR) is 80.1 cm³/mol. The van der Waals surface area contributed by atoms with E-state index in [9.17, 15) is 4.79 Å². The molecule has 2 aromatic rings. The molecule has 0 aromatic carbocycles. The zero-order chi connectivity index (χ0) is 14.5. The van der Waals surface area contributed by atoms with Crippen LogP contribution in [0.25, 0.3) is 11.2 Å². The fraction of sp³-hybridized carbons (Fsp3) is 0.417. The van der Waals surface area contributed by atoms with Gasteiger partial charge in [-0.05, 0) is 28.9 Å². The maximum Gasteiger partial charge on any atom is 0.313 e. The molecule has 108 valence electrons. The van der Waals surface area contributed by atoms with Gasteiger partial charge in [0.1, 0.15) is 5.52 Å². The molecule has 0 aliphatic carbocycles. The number of hydrogen-bond donors (Lipinski definition) is 1. The summed E-state index contributed by atoms with van der Waals surface area (Å²) in [6, 6.07) is 1.87. The molecule has 2 aromatic heterocycles. The first kappa shape index (κ1) is 15.3. The van der Waals surface area contributed by atoms with E-state index in [-0.39, 0.29) is 5.75 Å². The van der Waals surface area contributed by atoms with Crippen LogP contribution in [0.3, 0.4) is 0 Å². The lowest BCUT2D eigenvalue weighted by Gasteiger charge is -2.07. The van der Waals surface area contributed by atoms with E-state index in [0.29, 0.717) is 24.9 Å². The number of ether oxygens (including phenoxy) is 1. The van der Waals surface area contributed by atoms with Gasteiger partial charge < -0.3 is 14.4 Å². The zero-order valence-electron chi connectivity index (χ0n) is 10.9. The lowest BCUT2D eigenvalue weighted by Crippen LogP contribution is -2.08. The summed E-state index contributed by atoms with van der Waals surface area (Å²) in [6.45, 7) is 3.71. The minimum Gasteiger partial charge on any atom is -0.481 e. The number of carboxylic acid groups (broad SMARTS) is 1. The first-order valence-electron chi connectivity index (χ1n) is 6.06. The number of pyridine rings is 1. The lowest BCUT2D eigenvalue weighted by atomic mass is 10.4. The van der Waals surface area contributed by atoms with Gasteiger partial charge in [-0.3, -0.25) is 4.79 Å². The third kappa shape index (κ3) is 3.71. The Hall–Kier alpha value is -1.12. The average Bonchev–Trinajstić information content (AvgIpc) is 2.74. The van der Waals surface area contributed by atoms with Crippen LogP contribution in [-0.4, -0.2) is 44.6 Å². The van der Waals surface area contributed by atoms with Crippen LogP contribution in [0.4, 0.5) is 0 Å². The first-order valence-corrected chi connectivity index (χ1v) is 7.83. The van der Waals surface area contributed by atoms with E-state index in [1.807, 2.05) is 17.6 Å². The highest BCUT2D eigenvalue weighted by molar-refractivity contribution is 9.10. The van der Waals surface area contributed by atoms with Gasteiger partial charge in [0.25, 0.3) is 0 Å². The normalized spacial score (nSPS) is 11.1. The highest BCUT2D eigenvalue weighted by Gasteiger charge is 2.14. The summed E-state index contributed by atoms with van der Waals surface area (Å²) in [5.41, 5.74) is 1.48. The van der Waals surface area contributed by atoms with Crippen molar-refractivity contribution in [3.63, 3.8) is 0 Å². The van der Waals surface area contributed by atoms with E-state index in [2.05, 4.69) is 25.9 Å². The van der Waals surface area contributed by atoms with Crippen LogP contribution in [0.1, 0.15) is 6.92 Å². The van der Waals surface area contributed by atoms with Gasteiger partial charge in [-0.1, -0.05) is 11.8 Å². The molecule has 0 amide bonds. The number of hydrogen-bond acceptors (Lipinski definition) is 5. The molecule has 0 aliphatic rings. The van der Waals surface area contributed by atoms with Crippen molar-refractivity contribution in [3.05, 3.63) is 16.7 Å². The smallest absolute Gasteiger partial charge is 0.313 e. The van der Waals surface area contributed by atoms with Gasteiger partial charge in [-0.2, -0.15) is 0 Å². The third-order valence-electron chi connectivity index (χ3n) is 2.50. The second-order valence-corrected chi connectivity index (χ2v) is 5.78. The quantitative estimate of drug-likeness (QED) is 0.604. The molecular formula is C12H14BrN3O3S. The van der Waals surface area contributed by atoms with Crippen molar-refractivity contribution in [2.45, 2.75) is 18.6 Å². The number of carboxylic acids is 1. The van der Waals surface area contributed by atoms with Gasteiger partial charge in [-0.25, -0.2) is 9.97 Å². The molecule has 20 heavy (non-hydrogen) atoms. The van der Waals surface area contributed by atoms with E-state index in [4.69, 9.17) is 9.84 Å². The van der Waals surface area contributed by atoms with E-state index >= 15 is 0 Å². The zero-order valence-corrected chi connectivity index (χ0v) is 13.3. The van der Waals surface area contributed by atoms with Crippen LogP contribution >= 0.6 is 27.7 Å². The molecular weight excluding hydrogens is 346 g/mol. The molecule has 0 atom stereocenters. The topological polar surface area (TPSA) is 77.2 Å². The molecule has 0 bridgehead atoms. The Bertz CT molecular complexity index is 617. The van der Waals surface area contributed by atoms with E-state index in [1.54, 1.807) is 6.20 Å². The van der Waals surface area contributed by atoms with E-state index in [1.165, 1.54) is 11.8 Å². The van der Waals surface area contributed by atoms with Gasteiger partial charge in [0.15, 0.2) is 10.8 Å². The lowest BCUT2D eigenvalue weighted by molar-refractivity contribution is -0.133. The Kier molecular flexibility index (Phi) is 5.38. The predicted octanol–water partition coefficient (Wildman–Crippen LogP) is 2.41. The summed E-state index contributed by atoms with van der Waals surface area (Å²) in [6.07, 6.45) is 1.70. The monoisotopic (exact) mass is 359 g/mol. The van der Waals surface area contributed by atoms with Crippen LogP contribution in [-0.2, 0) is 16.1 Å². The molecule has 0 aliphatic heterocycles. The Morgan fingerprint density at radius 3 is 3.10 bits per heavy atom. The number of halogens is 1. The molecule has 2 heterocycles. The van der Waals surface area contributed by atoms with E-state index < -0.39 is 5.97 Å². The summed E-state index contributed by atoms with van der Waals surface area (Å²) in [7, 11) is 0. The van der Waals surface area contributed by atoms with Crippen molar-refractivity contribution in [1.82, 2.24) is 14.5 Å². The first-order chi connectivity index (χ1) is 9.61. The fourth-order valence-corrected chi connectivity index (χ4v) is 2.77. The second-order valence-electron chi connectivity index (χ2n) is 3.92. The molecule has 6 nitrogen and oxygen atoms in total. The molecule has 1 N–H and O–H groups in total. The number of thioether (sulfide) groups is 1. The number of nitrogens with zero attached hydrogens (tertiary/aromatic N) is 3. The number of rotatable bonds is 7. The molecule has 0 fully saturated rings. The maximum atomic E-state index is 10.7. The Morgan fingerprint density at radius 2 is 2.40 bits per heavy atom. The van der Waals surface area contributed by atoms with Crippen molar-refractivity contribution in [3.8, 4) is 0 Å². The van der Waals surface area contributed by atoms with Crippen LogP contribution < -0.4 is 0 Å². The Morgan fingerprint density at radius 1 is 1.60 bits per heavy atom. The van der Waals surface area contributed by atoms with Gasteiger partial charge >= 0.3 is 5.97 Å². The highest BCUT2D eigenvalue weighted by atomic mass is 79.9. The minimum absolute atomic E-state index is 0.0286. The van der Waals surface area contributed by atoms with Crippen LogP contribution in [0, 0.1) is 0 Å². The van der Waals surface area contributed by atoms with Crippen molar-refractivity contribution in [2.75, 3.05) is 19.0 Å². The minimum atomic E-state index is -0.868. The summed E-state index contributed by atoms with van der Waals surface area (Å²) in [5.74, 6) is -0.897. The van der Waals surface area contributed by atoms with Gasteiger partial charge in [0.05, 0.1) is 18.9 Å². The van der Waals surface area contributed by atoms with E-state index in [0.717, 1.165) is 15.6 Å². The summed E-state index contributed by atoms with van der Waals surface area (Å²) in [4.78, 5) is 19.5. The van der Waals surface area contributed by atoms with Gasteiger partial charge in [0.2, 0.25) is 0 Å². The van der Waals surface area contributed by atoms with Crippen molar-refractivity contribution in [2.24, 2.45) is 0 Å². The number of aromatic nitrogens is 3. The van der Waals surface area contributed by atoms with Gasteiger partial charge in [0, 0.05) is 17.3 Å². The second kappa shape index (κ2) is 7.05. The molecule has 2 rings (SSSR count). The number of aliphatic carboxylic acids is 1. The average molecular weight is 360 g/mol. The standard InChI is InChI=1S/C12H14BrN3O3S/c1-2-19-4-3-16-11-9(5-8(13)6-14-11)15-12(16)20-7-10(17)18/h5-6H,2-4,7H2,1H3,(H,17,18). The van der Waals surface area contributed by atoms with Crippen molar-refractivity contribution in [1.29, 1.82) is 0 Å². The highest BCUT2D eigenvalue weighted by Crippen LogP contribution is 2.24. The number of carbonyl (C=O) groups is 1. The molecule has 8 heteroatoms. The molecule has 0 saturated heterocycles. The maximum absolute atomic E-state index is 10.7. The third-order valence-corrected chi connectivity index (χ3v) is 3.90. The van der Waals surface area contributed by atoms with Crippen LogP contribution in [0.2, 0.25) is 0 Å². The van der Waals surface area contributed by atoms with Crippen LogP contribution in [0.15, 0.2) is 21.9 Å². The molecule has 0 spiro atoms. The summed E-state index contributed by atoms with van der Waals surface area (Å²) >= 11 is 4.54. The van der Waals surface area contributed by atoms with Crippen LogP contribution in [0.5, 0.6) is 0 Å².